The minimum atomic E-state index is -0.344. The summed E-state index contributed by atoms with van der Waals surface area (Å²) in [6.07, 6.45) is 1.51. The van der Waals surface area contributed by atoms with Crippen molar-refractivity contribution < 1.29 is 14.7 Å². The van der Waals surface area contributed by atoms with Gasteiger partial charge in [0, 0.05) is 11.8 Å². The Hall–Kier alpha value is -2.49. The fourth-order valence-corrected chi connectivity index (χ4v) is 2.24. The maximum Gasteiger partial charge on any atom is 0.212 e. The Kier molecular flexibility index (Phi) is 2.07. The molecular weight excluding hydrogens is 230 g/mol. The van der Waals surface area contributed by atoms with Gasteiger partial charge in [0.25, 0.3) is 0 Å². The van der Waals surface area contributed by atoms with E-state index in [0.717, 1.165) is 0 Å². The SMILES string of the molecule is Cc1ccnc2c1C(=O)c1c(O)cccc1C2=O. The van der Waals surface area contributed by atoms with Crippen molar-refractivity contribution in [2.24, 2.45) is 0 Å². The number of nitrogens with zero attached hydrogens (tertiary/aromatic N) is 1. The smallest absolute Gasteiger partial charge is 0.212 e. The largest absolute Gasteiger partial charge is 0.507 e. The molecule has 1 heterocycles. The Bertz CT molecular complexity index is 647. The Balaban J connectivity index is 2.40. The van der Waals surface area contributed by atoms with E-state index in [0.29, 0.717) is 5.56 Å². The highest BCUT2D eigenvalue weighted by atomic mass is 16.3. The third-order valence-corrected chi connectivity index (χ3v) is 3.12. The van der Waals surface area contributed by atoms with Crippen LogP contribution < -0.4 is 0 Å². The van der Waals surface area contributed by atoms with Crippen molar-refractivity contribution in [3.63, 3.8) is 0 Å². The van der Waals surface area contributed by atoms with Gasteiger partial charge in [0.1, 0.15) is 11.4 Å². The second-order valence-electron chi connectivity index (χ2n) is 4.21. The first-order valence-corrected chi connectivity index (χ1v) is 5.48. The van der Waals surface area contributed by atoms with Crippen LogP contribution in [0.3, 0.4) is 0 Å². The van der Waals surface area contributed by atoms with E-state index in [4.69, 9.17) is 0 Å². The Labute approximate surface area is 103 Å². The third kappa shape index (κ3) is 1.23. The number of carbonyl (C=O) groups is 2. The van der Waals surface area contributed by atoms with Gasteiger partial charge >= 0.3 is 0 Å². The van der Waals surface area contributed by atoms with Crippen LogP contribution >= 0.6 is 0 Å². The number of ketones is 2. The first kappa shape index (κ1) is 10.7. The van der Waals surface area contributed by atoms with Crippen LogP contribution in [-0.4, -0.2) is 21.7 Å². The summed E-state index contributed by atoms with van der Waals surface area (Å²) >= 11 is 0. The average Bonchev–Trinajstić information content (AvgIpc) is 2.35. The number of aromatic nitrogens is 1. The third-order valence-electron chi connectivity index (χ3n) is 3.12. The fourth-order valence-electron chi connectivity index (χ4n) is 2.24. The molecule has 1 aliphatic carbocycles. The first-order valence-electron chi connectivity index (χ1n) is 5.48. The molecule has 18 heavy (non-hydrogen) atoms. The van der Waals surface area contributed by atoms with Gasteiger partial charge in [-0.25, -0.2) is 0 Å². The van der Waals surface area contributed by atoms with Gasteiger partial charge < -0.3 is 5.11 Å². The Morgan fingerprint density at radius 3 is 2.61 bits per heavy atom. The number of hydrogen-bond donors (Lipinski definition) is 1. The molecule has 0 amide bonds. The van der Waals surface area contributed by atoms with E-state index in [-0.39, 0.29) is 39.7 Å². The highest BCUT2D eigenvalue weighted by molar-refractivity contribution is 6.29. The van der Waals surface area contributed by atoms with Crippen molar-refractivity contribution in [2.45, 2.75) is 6.92 Å². The minimum Gasteiger partial charge on any atom is -0.507 e. The lowest BCUT2D eigenvalue weighted by molar-refractivity contribution is 0.0972. The van der Waals surface area contributed by atoms with Gasteiger partial charge in [0.2, 0.25) is 5.78 Å². The molecule has 0 fully saturated rings. The zero-order chi connectivity index (χ0) is 12.9. The molecule has 1 aromatic carbocycles. The number of aromatic hydroxyl groups is 1. The molecule has 88 valence electrons. The summed E-state index contributed by atoms with van der Waals surface area (Å²) in [5.41, 5.74) is 1.43. The van der Waals surface area contributed by atoms with Gasteiger partial charge in [-0.15, -0.1) is 0 Å². The second kappa shape index (κ2) is 3.50. The van der Waals surface area contributed by atoms with E-state index in [2.05, 4.69) is 4.98 Å². The van der Waals surface area contributed by atoms with Crippen LogP contribution in [-0.2, 0) is 0 Å². The monoisotopic (exact) mass is 239 g/mol. The van der Waals surface area contributed by atoms with Crippen LogP contribution in [0.25, 0.3) is 0 Å². The first-order chi connectivity index (χ1) is 8.61. The number of pyridine rings is 1. The van der Waals surface area contributed by atoms with Gasteiger partial charge in [0.05, 0.1) is 11.1 Å². The number of phenols is 1. The molecule has 0 aliphatic heterocycles. The van der Waals surface area contributed by atoms with Gasteiger partial charge in [-0.05, 0) is 30.7 Å². The highest BCUT2D eigenvalue weighted by Crippen LogP contribution is 2.32. The zero-order valence-electron chi connectivity index (χ0n) is 9.60. The molecule has 1 N–H and O–H groups in total. The van der Waals surface area contributed by atoms with E-state index in [1.165, 1.54) is 18.3 Å². The van der Waals surface area contributed by atoms with Crippen molar-refractivity contribution in [3.05, 3.63) is 58.4 Å². The minimum absolute atomic E-state index is 0.0751. The van der Waals surface area contributed by atoms with Crippen LogP contribution in [0.5, 0.6) is 5.75 Å². The number of fused-ring (bicyclic) bond motifs is 2. The number of phenolic OH excluding ortho intramolecular Hbond substituents is 1. The van der Waals surface area contributed by atoms with E-state index >= 15 is 0 Å². The Morgan fingerprint density at radius 2 is 1.83 bits per heavy atom. The highest BCUT2D eigenvalue weighted by Gasteiger charge is 2.33. The lowest BCUT2D eigenvalue weighted by Gasteiger charge is -2.18. The van der Waals surface area contributed by atoms with Crippen LogP contribution in [0.4, 0.5) is 0 Å². The normalized spacial score (nSPS) is 13.2. The number of carbonyl (C=O) groups excluding carboxylic acids is 2. The molecule has 2 aromatic rings. The van der Waals surface area contributed by atoms with Crippen LogP contribution in [0.15, 0.2) is 30.5 Å². The average molecular weight is 239 g/mol. The lowest BCUT2D eigenvalue weighted by atomic mass is 9.84. The maximum absolute atomic E-state index is 12.3. The molecule has 4 heteroatoms. The standard InChI is InChI=1S/C14H9NO3/c1-7-5-6-15-12-10(7)14(18)11-8(13(12)17)3-2-4-9(11)16/h2-6,16H,1H3. The van der Waals surface area contributed by atoms with Crippen LogP contribution in [0.2, 0.25) is 0 Å². The predicted octanol–water partition coefficient (Wildman–Crippen LogP) is 1.87. The zero-order valence-corrected chi connectivity index (χ0v) is 9.60. The van der Waals surface area contributed by atoms with Crippen molar-refractivity contribution in [1.82, 2.24) is 4.98 Å². The summed E-state index contributed by atoms with van der Waals surface area (Å²) in [4.78, 5) is 28.6. The van der Waals surface area contributed by atoms with Crippen molar-refractivity contribution in [2.75, 3.05) is 0 Å². The quantitative estimate of drug-likeness (QED) is 0.650. The maximum atomic E-state index is 12.3. The van der Waals surface area contributed by atoms with Crippen LogP contribution in [0.1, 0.15) is 37.5 Å². The number of aryl methyl sites for hydroxylation is 1. The topological polar surface area (TPSA) is 67.3 Å². The molecule has 0 atom stereocenters. The van der Waals surface area contributed by atoms with E-state index in [1.807, 2.05) is 0 Å². The summed E-state index contributed by atoms with van der Waals surface area (Å²) in [5.74, 6) is -0.831. The number of hydrogen-bond acceptors (Lipinski definition) is 4. The molecule has 0 saturated carbocycles. The van der Waals surface area contributed by atoms with E-state index in [1.54, 1.807) is 19.1 Å². The molecular formula is C14H9NO3. The Morgan fingerprint density at radius 1 is 1.06 bits per heavy atom. The van der Waals surface area contributed by atoms with Gasteiger partial charge in [0.15, 0.2) is 5.78 Å². The molecule has 0 radical (unpaired) electrons. The van der Waals surface area contributed by atoms with E-state index < -0.39 is 0 Å². The summed E-state index contributed by atoms with van der Waals surface area (Å²) in [5, 5.41) is 9.77. The summed E-state index contributed by atoms with van der Waals surface area (Å²) in [6, 6.07) is 6.15. The molecule has 4 nitrogen and oxygen atoms in total. The van der Waals surface area contributed by atoms with Crippen molar-refractivity contribution in [1.29, 1.82) is 0 Å². The van der Waals surface area contributed by atoms with Crippen molar-refractivity contribution >= 4 is 11.6 Å². The van der Waals surface area contributed by atoms with Gasteiger partial charge in [-0.2, -0.15) is 0 Å². The van der Waals surface area contributed by atoms with E-state index in [9.17, 15) is 14.7 Å². The summed E-state index contributed by atoms with van der Waals surface area (Å²) in [6.45, 7) is 1.75. The van der Waals surface area contributed by atoms with Gasteiger partial charge in [-0.3, -0.25) is 14.6 Å². The fraction of sp³-hybridized carbons (Fsp3) is 0.0714. The molecule has 3 rings (SSSR count). The molecule has 0 bridgehead atoms. The molecule has 1 aliphatic rings. The molecule has 0 saturated heterocycles. The number of rotatable bonds is 0. The van der Waals surface area contributed by atoms with Crippen LogP contribution in [0, 0.1) is 6.92 Å². The molecule has 0 unspecified atom stereocenters. The molecule has 0 spiro atoms. The summed E-state index contributed by atoms with van der Waals surface area (Å²) in [7, 11) is 0. The van der Waals surface area contributed by atoms with Crippen molar-refractivity contribution in [3.8, 4) is 5.75 Å². The lowest BCUT2D eigenvalue weighted by Crippen LogP contribution is -2.23. The molecule has 1 aromatic heterocycles. The predicted molar refractivity (Wildman–Crippen MR) is 63.9 cm³/mol. The summed E-state index contributed by atoms with van der Waals surface area (Å²) < 4.78 is 0. The van der Waals surface area contributed by atoms with Gasteiger partial charge in [-0.1, -0.05) is 6.07 Å². The second-order valence-corrected chi connectivity index (χ2v) is 4.21. The number of benzene rings is 1.